The number of furan rings is 1. The minimum absolute atomic E-state index is 0.204. The summed E-state index contributed by atoms with van der Waals surface area (Å²) in [5, 5.41) is 2.89. The van der Waals surface area contributed by atoms with E-state index in [0.717, 1.165) is 22.4 Å². The second kappa shape index (κ2) is 4.45. The number of rotatable bonds is 2. The number of para-hydroxylation sites is 1. The van der Waals surface area contributed by atoms with E-state index in [2.05, 4.69) is 5.32 Å². The molecule has 0 spiro atoms. The van der Waals surface area contributed by atoms with Gasteiger partial charge in [-0.2, -0.15) is 0 Å². The van der Waals surface area contributed by atoms with Crippen LogP contribution in [0.25, 0.3) is 0 Å². The molecule has 0 radical (unpaired) electrons. The quantitative estimate of drug-likeness (QED) is 0.856. The first-order valence-corrected chi connectivity index (χ1v) is 5.51. The molecule has 0 atom stereocenters. The van der Waals surface area contributed by atoms with Gasteiger partial charge in [0.25, 0.3) is 5.91 Å². The van der Waals surface area contributed by atoms with Crippen molar-refractivity contribution in [3.05, 3.63) is 53.0 Å². The van der Waals surface area contributed by atoms with Crippen molar-refractivity contribution < 1.29 is 9.21 Å². The summed E-state index contributed by atoms with van der Waals surface area (Å²) >= 11 is 0. The SMILES string of the molecule is Cc1ccoc1C(=O)Nc1c(C)cccc1C. The van der Waals surface area contributed by atoms with Crippen LogP contribution in [0.4, 0.5) is 5.69 Å². The largest absolute Gasteiger partial charge is 0.459 e. The first kappa shape index (κ1) is 11.5. The van der Waals surface area contributed by atoms with Gasteiger partial charge in [-0.3, -0.25) is 4.79 Å². The lowest BCUT2D eigenvalue weighted by atomic mass is 10.1. The fourth-order valence-electron chi connectivity index (χ4n) is 1.79. The van der Waals surface area contributed by atoms with Gasteiger partial charge in [0.15, 0.2) is 5.76 Å². The average molecular weight is 229 g/mol. The van der Waals surface area contributed by atoms with Gasteiger partial charge in [0.05, 0.1) is 6.26 Å². The molecule has 2 aromatic rings. The number of nitrogens with one attached hydrogen (secondary N) is 1. The Labute approximate surface area is 100 Å². The number of amides is 1. The molecule has 1 heterocycles. The van der Waals surface area contributed by atoms with Crippen molar-refractivity contribution in [2.45, 2.75) is 20.8 Å². The molecule has 0 aliphatic carbocycles. The first-order valence-electron chi connectivity index (χ1n) is 5.51. The second-order valence-electron chi connectivity index (χ2n) is 4.15. The van der Waals surface area contributed by atoms with Gasteiger partial charge in [-0.1, -0.05) is 18.2 Å². The average Bonchev–Trinajstić information content (AvgIpc) is 2.70. The minimum atomic E-state index is -0.204. The van der Waals surface area contributed by atoms with E-state index in [1.807, 2.05) is 39.0 Å². The van der Waals surface area contributed by atoms with Gasteiger partial charge in [0, 0.05) is 11.3 Å². The molecule has 17 heavy (non-hydrogen) atoms. The number of anilines is 1. The van der Waals surface area contributed by atoms with E-state index in [0.29, 0.717) is 5.76 Å². The summed E-state index contributed by atoms with van der Waals surface area (Å²) < 4.78 is 5.17. The third-order valence-electron chi connectivity index (χ3n) is 2.79. The van der Waals surface area contributed by atoms with Gasteiger partial charge in [-0.05, 0) is 38.0 Å². The normalized spacial score (nSPS) is 10.3. The molecule has 0 bridgehead atoms. The van der Waals surface area contributed by atoms with E-state index in [-0.39, 0.29) is 5.91 Å². The molecule has 0 aliphatic rings. The number of hydrogen-bond acceptors (Lipinski definition) is 2. The molecule has 88 valence electrons. The Morgan fingerprint density at radius 1 is 1.06 bits per heavy atom. The van der Waals surface area contributed by atoms with E-state index < -0.39 is 0 Å². The molecule has 1 amide bonds. The van der Waals surface area contributed by atoms with E-state index >= 15 is 0 Å². The highest BCUT2D eigenvalue weighted by Crippen LogP contribution is 2.21. The van der Waals surface area contributed by atoms with Crippen molar-refractivity contribution >= 4 is 11.6 Å². The zero-order chi connectivity index (χ0) is 12.4. The monoisotopic (exact) mass is 229 g/mol. The number of benzene rings is 1. The molecule has 0 saturated carbocycles. The summed E-state index contributed by atoms with van der Waals surface area (Å²) in [5.74, 6) is 0.164. The summed E-state index contributed by atoms with van der Waals surface area (Å²) in [5.41, 5.74) is 3.78. The maximum Gasteiger partial charge on any atom is 0.291 e. The summed E-state index contributed by atoms with van der Waals surface area (Å²) in [4.78, 5) is 12.0. The Hall–Kier alpha value is -2.03. The van der Waals surface area contributed by atoms with Crippen LogP contribution in [-0.2, 0) is 0 Å². The fraction of sp³-hybridized carbons (Fsp3) is 0.214. The molecule has 3 heteroatoms. The van der Waals surface area contributed by atoms with Crippen molar-refractivity contribution in [1.82, 2.24) is 0 Å². The molecule has 1 aromatic carbocycles. The van der Waals surface area contributed by atoms with Gasteiger partial charge in [-0.15, -0.1) is 0 Å². The maximum atomic E-state index is 12.0. The van der Waals surface area contributed by atoms with Crippen LogP contribution < -0.4 is 5.32 Å². The smallest absolute Gasteiger partial charge is 0.291 e. The van der Waals surface area contributed by atoms with Crippen LogP contribution in [0.3, 0.4) is 0 Å². The molecule has 1 aromatic heterocycles. The Bertz CT molecular complexity index is 535. The Morgan fingerprint density at radius 2 is 1.71 bits per heavy atom. The standard InChI is InChI=1S/C14H15NO2/c1-9-5-4-6-10(2)12(9)15-14(16)13-11(3)7-8-17-13/h4-8H,1-3H3,(H,15,16). The van der Waals surface area contributed by atoms with Crippen LogP contribution in [0, 0.1) is 20.8 Å². The number of carbonyl (C=O) groups is 1. The van der Waals surface area contributed by atoms with Crippen molar-refractivity contribution in [1.29, 1.82) is 0 Å². The fourth-order valence-corrected chi connectivity index (χ4v) is 1.79. The van der Waals surface area contributed by atoms with Crippen molar-refractivity contribution in [2.75, 3.05) is 5.32 Å². The van der Waals surface area contributed by atoms with Crippen LogP contribution in [0.15, 0.2) is 34.9 Å². The highest BCUT2D eigenvalue weighted by Gasteiger charge is 2.14. The van der Waals surface area contributed by atoms with E-state index in [9.17, 15) is 4.79 Å². The topological polar surface area (TPSA) is 42.2 Å². The van der Waals surface area contributed by atoms with Crippen LogP contribution in [0.5, 0.6) is 0 Å². The lowest BCUT2D eigenvalue weighted by Gasteiger charge is -2.10. The third kappa shape index (κ3) is 2.23. The van der Waals surface area contributed by atoms with Crippen LogP contribution >= 0.6 is 0 Å². The second-order valence-corrected chi connectivity index (χ2v) is 4.15. The zero-order valence-corrected chi connectivity index (χ0v) is 10.2. The summed E-state index contributed by atoms with van der Waals surface area (Å²) in [6, 6.07) is 7.69. The van der Waals surface area contributed by atoms with Gasteiger partial charge in [0.1, 0.15) is 0 Å². The lowest BCUT2D eigenvalue weighted by Crippen LogP contribution is -2.13. The molecular weight excluding hydrogens is 214 g/mol. The molecule has 3 nitrogen and oxygen atoms in total. The number of carbonyl (C=O) groups excluding carboxylic acids is 1. The third-order valence-corrected chi connectivity index (χ3v) is 2.79. The summed E-state index contributed by atoms with van der Waals surface area (Å²) in [6.45, 7) is 5.79. The van der Waals surface area contributed by atoms with Gasteiger partial charge in [0.2, 0.25) is 0 Å². The van der Waals surface area contributed by atoms with Gasteiger partial charge < -0.3 is 9.73 Å². The maximum absolute atomic E-state index is 12.0. The van der Waals surface area contributed by atoms with Crippen LogP contribution in [-0.4, -0.2) is 5.91 Å². The molecule has 0 saturated heterocycles. The van der Waals surface area contributed by atoms with Crippen LogP contribution in [0.1, 0.15) is 27.2 Å². The lowest BCUT2D eigenvalue weighted by molar-refractivity contribution is 0.0995. The van der Waals surface area contributed by atoms with Crippen molar-refractivity contribution in [3.8, 4) is 0 Å². The number of hydrogen-bond donors (Lipinski definition) is 1. The molecular formula is C14H15NO2. The summed E-state index contributed by atoms with van der Waals surface area (Å²) in [6.07, 6.45) is 1.52. The Morgan fingerprint density at radius 3 is 2.24 bits per heavy atom. The predicted octanol–water partition coefficient (Wildman–Crippen LogP) is 3.46. The van der Waals surface area contributed by atoms with E-state index in [4.69, 9.17) is 4.42 Å². The predicted molar refractivity (Wildman–Crippen MR) is 67.3 cm³/mol. The highest BCUT2D eigenvalue weighted by molar-refractivity contribution is 6.04. The Kier molecular flexibility index (Phi) is 3.00. The van der Waals surface area contributed by atoms with E-state index in [1.54, 1.807) is 6.07 Å². The molecule has 1 N–H and O–H groups in total. The van der Waals surface area contributed by atoms with Crippen molar-refractivity contribution in [2.24, 2.45) is 0 Å². The molecule has 0 unspecified atom stereocenters. The summed E-state index contributed by atoms with van der Waals surface area (Å²) in [7, 11) is 0. The van der Waals surface area contributed by atoms with Gasteiger partial charge in [-0.25, -0.2) is 0 Å². The zero-order valence-electron chi connectivity index (χ0n) is 10.2. The highest BCUT2D eigenvalue weighted by atomic mass is 16.3. The van der Waals surface area contributed by atoms with Crippen molar-refractivity contribution in [3.63, 3.8) is 0 Å². The molecule has 2 rings (SSSR count). The van der Waals surface area contributed by atoms with Gasteiger partial charge >= 0.3 is 0 Å². The number of aryl methyl sites for hydroxylation is 3. The Balaban J connectivity index is 2.28. The van der Waals surface area contributed by atoms with E-state index in [1.165, 1.54) is 6.26 Å². The first-order chi connectivity index (χ1) is 8.09. The molecule has 0 aliphatic heterocycles. The minimum Gasteiger partial charge on any atom is -0.459 e. The molecule has 0 fully saturated rings. The van der Waals surface area contributed by atoms with Crippen LogP contribution in [0.2, 0.25) is 0 Å².